The molecule has 0 aromatic heterocycles. The number of aliphatic hydroxyl groups excluding tert-OH is 3. The molecule has 86 valence electrons. The first-order valence-electron chi connectivity index (χ1n) is 3.56. The first-order valence-corrected chi connectivity index (χ1v) is 3.56. The zero-order valence-corrected chi connectivity index (χ0v) is 8.04. The van der Waals surface area contributed by atoms with Crippen LogP contribution in [0.3, 0.4) is 0 Å². The predicted octanol–water partition coefficient (Wildman–Crippen LogP) is -1.49. The Morgan fingerprint density at radius 1 is 1.00 bits per heavy atom. The summed E-state index contributed by atoms with van der Waals surface area (Å²) in [6.45, 7) is 1.44. The van der Waals surface area contributed by atoms with E-state index < -0.39 is 18.0 Å². The van der Waals surface area contributed by atoms with E-state index in [1.165, 1.54) is 0 Å². The van der Waals surface area contributed by atoms with Crippen LogP contribution in [-0.4, -0.2) is 56.8 Å². The van der Waals surface area contributed by atoms with E-state index in [4.69, 9.17) is 35.1 Å². The van der Waals surface area contributed by atoms with Gasteiger partial charge in [-0.05, 0) is 0 Å². The van der Waals surface area contributed by atoms with Crippen LogP contribution >= 0.6 is 0 Å². The Morgan fingerprint density at radius 2 is 1.14 bits per heavy atom. The van der Waals surface area contributed by atoms with Gasteiger partial charge >= 0.3 is 0 Å². The van der Waals surface area contributed by atoms with Crippen molar-refractivity contribution in [3.63, 3.8) is 0 Å². The van der Waals surface area contributed by atoms with Gasteiger partial charge in [-0.1, -0.05) is 0 Å². The van der Waals surface area contributed by atoms with E-state index in [2.05, 4.69) is 0 Å². The van der Waals surface area contributed by atoms with Gasteiger partial charge in [-0.25, -0.2) is 0 Å². The van der Waals surface area contributed by atoms with Crippen LogP contribution in [0, 0.1) is 0 Å². The molecule has 0 saturated carbocycles. The molecule has 14 heavy (non-hydrogen) atoms. The highest BCUT2D eigenvalue weighted by molar-refractivity contribution is 5.63. The highest BCUT2D eigenvalue weighted by atomic mass is 16.4. The molecular formula is C7H16O7. The average Bonchev–Trinajstić information content (AvgIpc) is 2.01. The van der Waals surface area contributed by atoms with E-state index in [1.54, 1.807) is 0 Å². The zero-order valence-electron chi connectivity index (χ0n) is 8.04. The Bertz CT molecular complexity index is 121. The maximum Gasteiger partial charge on any atom is 0.300 e. The van der Waals surface area contributed by atoms with Crippen molar-refractivity contribution in [3.8, 4) is 0 Å². The molecule has 0 spiro atoms. The van der Waals surface area contributed by atoms with Crippen LogP contribution in [0.1, 0.15) is 13.8 Å². The molecule has 0 fully saturated rings. The van der Waals surface area contributed by atoms with Gasteiger partial charge in [0.1, 0.15) is 6.10 Å². The number of carboxylic acid groups (broad SMARTS) is 2. The SMILES string of the molecule is CC(=O)O.CC(=O)O.OCC(O)CO. The van der Waals surface area contributed by atoms with Gasteiger partial charge in [0.2, 0.25) is 0 Å². The summed E-state index contributed by atoms with van der Waals surface area (Å²) in [6, 6.07) is 0. The number of carbonyl (C=O) groups is 2. The summed E-state index contributed by atoms with van der Waals surface area (Å²) in [6.07, 6.45) is -0.954. The Hall–Kier alpha value is -1.18. The van der Waals surface area contributed by atoms with Gasteiger partial charge in [-0.15, -0.1) is 0 Å². The second-order valence-electron chi connectivity index (χ2n) is 2.06. The minimum absolute atomic E-state index is 0.365. The predicted molar refractivity (Wildman–Crippen MR) is 46.8 cm³/mol. The number of hydrogen-bond donors (Lipinski definition) is 5. The summed E-state index contributed by atoms with van der Waals surface area (Å²) in [5, 5.41) is 38.8. The lowest BCUT2D eigenvalue weighted by atomic mass is 10.4. The van der Waals surface area contributed by atoms with Crippen LogP contribution in [0.4, 0.5) is 0 Å². The fourth-order valence-corrected chi connectivity index (χ4v) is 0.0577. The first kappa shape index (κ1) is 18.6. The van der Waals surface area contributed by atoms with Crippen molar-refractivity contribution in [1.29, 1.82) is 0 Å². The second-order valence-corrected chi connectivity index (χ2v) is 2.06. The number of carboxylic acids is 2. The molecule has 7 nitrogen and oxygen atoms in total. The summed E-state index contributed by atoms with van der Waals surface area (Å²) < 4.78 is 0. The monoisotopic (exact) mass is 212 g/mol. The normalized spacial score (nSPS) is 7.86. The van der Waals surface area contributed by atoms with Gasteiger partial charge in [-0.3, -0.25) is 9.59 Å². The third-order valence-electron chi connectivity index (χ3n) is 0.421. The quantitative estimate of drug-likeness (QED) is 0.376. The smallest absolute Gasteiger partial charge is 0.300 e. The average molecular weight is 212 g/mol. The molecule has 5 N–H and O–H groups in total. The minimum atomic E-state index is -0.954. The number of hydrogen-bond acceptors (Lipinski definition) is 5. The Balaban J connectivity index is -0.000000135. The van der Waals surface area contributed by atoms with Crippen LogP contribution in [0.2, 0.25) is 0 Å². The molecule has 0 aromatic rings. The number of rotatable bonds is 2. The van der Waals surface area contributed by atoms with Crippen molar-refractivity contribution in [1.82, 2.24) is 0 Å². The summed E-state index contributed by atoms with van der Waals surface area (Å²) in [5.74, 6) is -1.67. The van der Waals surface area contributed by atoms with Gasteiger partial charge in [0.25, 0.3) is 11.9 Å². The fourth-order valence-electron chi connectivity index (χ4n) is 0.0577. The molecule has 0 amide bonds. The van der Waals surface area contributed by atoms with Crippen molar-refractivity contribution in [2.45, 2.75) is 20.0 Å². The lowest BCUT2D eigenvalue weighted by molar-refractivity contribution is -0.135. The highest BCUT2D eigenvalue weighted by Gasteiger charge is 1.93. The van der Waals surface area contributed by atoms with Crippen LogP contribution in [0.15, 0.2) is 0 Å². The van der Waals surface area contributed by atoms with Crippen LogP contribution in [0.25, 0.3) is 0 Å². The van der Waals surface area contributed by atoms with Crippen LogP contribution in [-0.2, 0) is 9.59 Å². The fraction of sp³-hybridized carbons (Fsp3) is 0.714. The van der Waals surface area contributed by atoms with Crippen LogP contribution in [0.5, 0.6) is 0 Å². The molecule has 0 heterocycles. The van der Waals surface area contributed by atoms with Crippen molar-refractivity contribution in [2.75, 3.05) is 13.2 Å². The van der Waals surface area contributed by atoms with E-state index in [0.717, 1.165) is 13.8 Å². The summed E-state index contributed by atoms with van der Waals surface area (Å²) >= 11 is 0. The Morgan fingerprint density at radius 3 is 1.14 bits per heavy atom. The second kappa shape index (κ2) is 14.3. The molecule has 7 heteroatoms. The van der Waals surface area contributed by atoms with Gasteiger partial charge in [0.05, 0.1) is 13.2 Å². The largest absolute Gasteiger partial charge is 0.481 e. The lowest BCUT2D eigenvalue weighted by Gasteiger charge is -1.96. The standard InChI is InChI=1S/C3H8O3.2C2H4O2/c4-1-3(6)2-5;2*1-2(3)4/h3-6H,1-2H2;2*1H3,(H,3,4). The summed E-state index contributed by atoms with van der Waals surface area (Å²) in [7, 11) is 0. The lowest BCUT2D eigenvalue weighted by Crippen LogP contribution is -2.15. The first-order chi connectivity index (χ1) is 6.27. The van der Waals surface area contributed by atoms with E-state index in [9.17, 15) is 0 Å². The Labute approximate surface area is 81.2 Å². The zero-order chi connectivity index (χ0) is 12.1. The summed E-state index contributed by atoms with van der Waals surface area (Å²) in [5.41, 5.74) is 0. The summed E-state index contributed by atoms with van der Waals surface area (Å²) in [4.78, 5) is 18.0. The third-order valence-corrected chi connectivity index (χ3v) is 0.421. The van der Waals surface area contributed by atoms with Gasteiger partial charge in [-0.2, -0.15) is 0 Å². The topological polar surface area (TPSA) is 135 Å². The third kappa shape index (κ3) is 131. The van der Waals surface area contributed by atoms with Crippen molar-refractivity contribution < 1.29 is 35.1 Å². The maximum absolute atomic E-state index is 9.00. The molecule has 0 rings (SSSR count). The minimum Gasteiger partial charge on any atom is -0.481 e. The van der Waals surface area contributed by atoms with Gasteiger partial charge < -0.3 is 25.5 Å². The molecule has 0 aliphatic heterocycles. The van der Waals surface area contributed by atoms with E-state index >= 15 is 0 Å². The molecule has 0 aliphatic rings. The number of aliphatic hydroxyl groups is 3. The molecule has 0 unspecified atom stereocenters. The maximum atomic E-state index is 9.00. The molecule has 0 aliphatic carbocycles. The van der Waals surface area contributed by atoms with E-state index in [0.29, 0.717) is 0 Å². The Kier molecular flexibility index (Phi) is 19.0. The molecule has 0 aromatic carbocycles. The highest BCUT2D eigenvalue weighted by Crippen LogP contribution is 1.71. The van der Waals surface area contributed by atoms with Gasteiger partial charge in [0.15, 0.2) is 0 Å². The van der Waals surface area contributed by atoms with Crippen molar-refractivity contribution in [3.05, 3.63) is 0 Å². The van der Waals surface area contributed by atoms with Crippen molar-refractivity contribution >= 4 is 11.9 Å². The van der Waals surface area contributed by atoms with E-state index in [1.807, 2.05) is 0 Å². The molecule has 0 radical (unpaired) electrons. The number of aliphatic carboxylic acids is 2. The molecule has 0 atom stereocenters. The molecular weight excluding hydrogens is 196 g/mol. The van der Waals surface area contributed by atoms with Gasteiger partial charge in [0, 0.05) is 13.8 Å². The molecule has 0 bridgehead atoms. The van der Waals surface area contributed by atoms with Crippen LogP contribution < -0.4 is 0 Å². The van der Waals surface area contributed by atoms with Crippen molar-refractivity contribution in [2.24, 2.45) is 0 Å². The van der Waals surface area contributed by atoms with E-state index in [-0.39, 0.29) is 13.2 Å². The molecule has 0 saturated heterocycles.